The fourth-order valence-electron chi connectivity index (χ4n) is 5.48. The van der Waals surface area contributed by atoms with Gasteiger partial charge in [-0.25, -0.2) is 19.3 Å². The Kier molecular flexibility index (Phi) is 11.8. The molecule has 61 heavy (non-hydrogen) atoms. The maximum Gasteiger partial charge on any atom is 0.416 e. The predicted molar refractivity (Wildman–Crippen MR) is 205 cm³/mol. The van der Waals surface area contributed by atoms with Crippen molar-refractivity contribution in [2.45, 2.75) is 19.3 Å². The largest absolute Gasteiger partial charge is 0.416 e. The van der Waals surface area contributed by atoms with Crippen molar-refractivity contribution in [2.24, 2.45) is 14.1 Å². The number of alkyl halides is 6. The van der Waals surface area contributed by atoms with Crippen LogP contribution in [0, 0.1) is 0 Å². The highest BCUT2D eigenvalue weighted by Gasteiger charge is 2.31. The zero-order valence-corrected chi connectivity index (χ0v) is 31.6. The number of anilines is 2. The normalized spacial score (nSPS) is 11.4. The molecule has 0 bridgehead atoms. The molecule has 4 aromatic heterocycles. The lowest BCUT2D eigenvalue weighted by Gasteiger charge is -2.13. The van der Waals surface area contributed by atoms with Crippen LogP contribution < -0.4 is 22.2 Å². The SMILES string of the molecule is CC(=O)c1nc2ccccc2n(-c2ccc(C(F)(F)F)cc2)c1=O.Cn1nnnc1N.Cn1nnnc1NC(=O)c1nc2ccccc2n(-c2ccc(C(F)(F)F)cc2)c1=O. The Morgan fingerprint density at radius 3 is 1.41 bits per heavy atom. The van der Waals surface area contributed by atoms with E-state index in [1.807, 2.05) is 0 Å². The van der Waals surface area contributed by atoms with E-state index in [9.17, 15) is 45.5 Å². The zero-order chi connectivity index (χ0) is 44.2. The molecular weight excluding hydrogens is 818 g/mol. The number of carbonyl (C=O) groups excluding carboxylic acids is 2. The average molecular weight is 847 g/mol. The summed E-state index contributed by atoms with van der Waals surface area (Å²) in [5, 5.41) is 23.1. The number of aromatic nitrogens is 12. The van der Waals surface area contributed by atoms with Crippen LogP contribution >= 0.6 is 0 Å². The van der Waals surface area contributed by atoms with Crippen LogP contribution in [0.15, 0.2) is 107 Å². The summed E-state index contributed by atoms with van der Waals surface area (Å²) in [5.74, 6) is -1.04. The third-order valence-electron chi connectivity index (χ3n) is 8.47. The van der Waals surface area contributed by atoms with Gasteiger partial charge in [-0.05, 0) is 93.6 Å². The number of tetrazole rings is 2. The number of benzene rings is 4. The molecule has 4 aromatic carbocycles. The van der Waals surface area contributed by atoms with Gasteiger partial charge in [-0.15, -0.1) is 0 Å². The second-order valence-electron chi connectivity index (χ2n) is 12.6. The number of ketones is 1. The molecule has 4 heterocycles. The number of nitrogens with zero attached hydrogens (tertiary/aromatic N) is 12. The minimum Gasteiger partial charge on any atom is -0.367 e. The highest BCUT2D eigenvalue weighted by molar-refractivity contribution is 6.02. The maximum atomic E-state index is 13.1. The van der Waals surface area contributed by atoms with Gasteiger partial charge in [-0.3, -0.25) is 33.6 Å². The van der Waals surface area contributed by atoms with Crippen LogP contribution in [0.3, 0.4) is 0 Å². The van der Waals surface area contributed by atoms with Crippen molar-refractivity contribution in [1.29, 1.82) is 0 Å². The predicted octanol–water partition coefficient (Wildman–Crippen LogP) is 4.58. The summed E-state index contributed by atoms with van der Waals surface area (Å²) in [4.78, 5) is 58.1. The number of carbonyl (C=O) groups is 2. The minimum atomic E-state index is -4.51. The molecule has 3 N–H and O–H groups in total. The number of hydrogen-bond donors (Lipinski definition) is 2. The Labute approximate surface area is 336 Å². The van der Waals surface area contributed by atoms with E-state index in [1.165, 1.54) is 40.0 Å². The fraction of sp³-hybridized carbons (Fsp3) is 0.135. The van der Waals surface area contributed by atoms with E-state index in [0.29, 0.717) is 28.0 Å². The third-order valence-corrected chi connectivity index (χ3v) is 8.47. The molecule has 0 fully saturated rings. The first-order chi connectivity index (χ1) is 28.8. The first-order valence-corrected chi connectivity index (χ1v) is 17.3. The number of rotatable bonds is 5. The molecule has 0 aliphatic heterocycles. The number of fused-ring (bicyclic) bond motifs is 2. The zero-order valence-electron chi connectivity index (χ0n) is 31.6. The number of hydrogen-bond acceptors (Lipinski definition) is 13. The van der Waals surface area contributed by atoms with Gasteiger partial charge >= 0.3 is 12.4 Å². The van der Waals surface area contributed by atoms with Crippen molar-refractivity contribution in [3.8, 4) is 11.4 Å². The van der Waals surface area contributed by atoms with Gasteiger partial charge in [0.05, 0.1) is 33.2 Å². The molecule has 0 aliphatic rings. The van der Waals surface area contributed by atoms with Crippen LogP contribution in [0.5, 0.6) is 0 Å². The van der Waals surface area contributed by atoms with Gasteiger partial charge in [0, 0.05) is 32.4 Å². The molecular formula is C37H28F6N14O4. The number of amides is 1. The second-order valence-corrected chi connectivity index (χ2v) is 12.6. The molecule has 312 valence electrons. The van der Waals surface area contributed by atoms with Crippen molar-refractivity contribution >= 4 is 45.7 Å². The van der Waals surface area contributed by atoms with Crippen LogP contribution in [0.1, 0.15) is 39.0 Å². The van der Waals surface area contributed by atoms with E-state index in [0.717, 1.165) is 41.0 Å². The molecule has 0 unspecified atom stereocenters. The van der Waals surface area contributed by atoms with Gasteiger partial charge in [-0.2, -0.15) is 26.3 Å². The quantitative estimate of drug-likeness (QED) is 0.179. The summed E-state index contributed by atoms with van der Waals surface area (Å²) in [6.07, 6.45) is -8.98. The Morgan fingerprint density at radius 2 is 1.03 bits per heavy atom. The number of para-hydroxylation sites is 4. The third kappa shape index (κ3) is 9.27. The average Bonchev–Trinajstić information content (AvgIpc) is 3.81. The van der Waals surface area contributed by atoms with Gasteiger partial charge < -0.3 is 5.73 Å². The number of nitrogens with one attached hydrogen (secondary N) is 1. The van der Waals surface area contributed by atoms with Crippen molar-refractivity contribution in [2.75, 3.05) is 11.1 Å². The minimum absolute atomic E-state index is 0.00422. The number of halogens is 6. The lowest BCUT2D eigenvalue weighted by atomic mass is 10.2. The van der Waals surface area contributed by atoms with E-state index < -0.39 is 52.0 Å². The Hall–Kier alpha value is -8.18. The van der Waals surface area contributed by atoms with Crippen molar-refractivity contribution < 1.29 is 35.9 Å². The number of nitrogen functional groups attached to an aromatic ring is 1. The van der Waals surface area contributed by atoms with Crippen LogP contribution in [0.2, 0.25) is 0 Å². The molecule has 0 spiro atoms. The standard InChI is InChI=1S/C18H12F3N7O2.C17H11F3N2O2.C2H5N5/c1-27-17(24-25-26-27)23-15(29)14-16(30)28(13-5-3-2-4-12(13)22-14)11-8-6-10(7-9-11)18(19,20)21;1-10(23)15-16(24)22(14-5-3-2-4-13(14)21-15)12-8-6-11(7-9-12)17(18,19)20;1-7-2(3)4-5-6-7/h2-9H,1H3,(H,23,24,26,29);2-9H,1H3;1H3,(H2,3,4,6). The van der Waals surface area contributed by atoms with Gasteiger partial charge in [0.15, 0.2) is 17.2 Å². The lowest BCUT2D eigenvalue weighted by molar-refractivity contribution is -0.138. The lowest BCUT2D eigenvalue weighted by Crippen LogP contribution is -2.31. The summed E-state index contributed by atoms with van der Waals surface area (Å²) >= 11 is 0. The molecule has 0 atom stereocenters. The monoisotopic (exact) mass is 846 g/mol. The maximum absolute atomic E-state index is 13.1. The van der Waals surface area contributed by atoms with Crippen LogP contribution in [0.4, 0.5) is 38.2 Å². The molecule has 0 radical (unpaired) electrons. The first kappa shape index (κ1) is 42.4. The summed E-state index contributed by atoms with van der Waals surface area (Å²) in [6, 6.07) is 21.3. The Bertz CT molecular complexity index is 3000. The van der Waals surface area contributed by atoms with Crippen LogP contribution in [-0.4, -0.2) is 71.2 Å². The number of aryl methyl sites for hydroxylation is 2. The molecule has 0 aliphatic carbocycles. The van der Waals surface area contributed by atoms with Crippen molar-refractivity contribution in [1.82, 2.24) is 59.5 Å². The van der Waals surface area contributed by atoms with Gasteiger partial charge in [0.25, 0.3) is 17.0 Å². The Balaban J connectivity index is 0.000000179. The molecule has 0 saturated carbocycles. The number of Topliss-reactive ketones (excluding diaryl/α,β-unsaturated/α-hetero) is 1. The summed E-state index contributed by atoms with van der Waals surface area (Å²) in [7, 11) is 3.17. The van der Waals surface area contributed by atoms with E-state index in [2.05, 4.69) is 46.3 Å². The van der Waals surface area contributed by atoms with Crippen LogP contribution in [0.25, 0.3) is 33.4 Å². The summed E-state index contributed by atoms with van der Waals surface area (Å²) in [6.45, 7) is 1.22. The van der Waals surface area contributed by atoms with Crippen LogP contribution in [-0.2, 0) is 26.4 Å². The van der Waals surface area contributed by atoms with E-state index in [4.69, 9.17) is 5.73 Å². The molecule has 8 aromatic rings. The smallest absolute Gasteiger partial charge is 0.367 e. The molecule has 0 saturated heterocycles. The topological polar surface area (TPSA) is 229 Å². The van der Waals surface area contributed by atoms with Crippen molar-refractivity contribution in [3.63, 3.8) is 0 Å². The highest BCUT2D eigenvalue weighted by atomic mass is 19.4. The first-order valence-electron chi connectivity index (χ1n) is 17.3. The molecule has 18 nitrogen and oxygen atoms in total. The molecule has 24 heteroatoms. The van der Waals surface area contributed by atoms with E-state index >= 15 is 0 Å². The highest BCUT2D eigenvalue weighted by Crippen LogP contribution is 2.31. The molecule has 8 rings (SSSR count). The van der Waals surface area contributed by atoms with E-state index in [1.54, 1.807) is 55.6 Å². The van der Waals surface area contributed by atoms with Gasteiger partial charge in [0.1, 0.15) is 0 Å². The number of nitrogens with two attached hydrogens (primary N) is 1. The summed E-state index contributed by atoms with van der Waals surface area (Å²) < 4.78 is 81.7. The molecule has 1 amide bonds. The fourth-order valence-corrected chi connectivity index (χ4v) is 5.48. The van der Waals surface area contributed by atoms with E-state index in [-0.39, 0.29) is 23.0 Å². The summed E-state index contributed by atoms with van der Waals surface area (Å²) in [5.41, 5.74) is 3.14. The van der Waals surface area contributed by atoms with Crippen molar-refractivity contribution in [3.05, 3.63) is 140 Å². The van der Waals surface area contributed by atoms with Gasteiger partial charge in [-0.1, -0.05) is 34.5 Å². The second kappa shape index (κ2) is 17.0. The van der Waals surface area contributed by atoms with Gasteiger partial charge in [0.2, 0.25) is 11.9 Å². The Morgan fingerprint density at radius 1 is 0.607 bits per heavy atom.